The molecule has 4 heterocycles. The van der Waals surface area contributed by atoms with Crippen LogP contribution < -0.4 is 21.5 Å². The quantitative estimate of drug-likeness (QED) is 0.196. The molecule has 16 heteroatoms. The van der Waals surface area contributed by atoms with Gasteiger partial charge in [-0.05, 0) is 20.2 Å². The van der Waals surface area contributed by atoms with Crippen molar-refractivity contribution >= 4 is 60.6 Å². The summed E-state index contributed by atoms with van der Waals surface area (Å²) in [5, 5.41) is 12.7. The number of nitrogens with one attached hydrogen (secondary N) is 1. The van der Waals surface area contributed by atoms with Gasteiger partial charge in [-0.25, -0.2) is 18.2 Å². The Labute approximate surface area is 269 Å². The number of likely N-dealkylation sites (N-methyl/N-ethyl adjacent to an activating group) is 1. The number of hydrogen-bond acceptors (Lipinski definition) is 12. The summed E-state index contributed by atoms with van der Waals surface area (Å²) >= 11 is 7.41. The predicted molar refractivity (Wildman–Crippen MR) is 170 cm³/mol. The number of benzene rings is 2. The predicted octanol–water partition coefficient (Wildman–Crippen LogP) is 5.33. The van der Waals surface area contributed by atoms with Crippen molar-refractivity contribution in [2.45, 2.75) is 25.0 Å². The van der Waals surface area contributed by atoms with E-state index in [1.807, 2.05) is 32.0 Å². The number of nitrogens with two attached hydrogens (primary N) is 2. The summed E-state index contributed by atoms with van der Waals surface area (Å²) in [7, 11) is 3.75. The third-order valence-corrected chi connectivity index (χ3v) is 9.16. The third kappa shape index (κ3) is 5.47. The Kier molecular flexibility index (Phi) is 8.47. The highest BCUT2D eigenvalue weighted by Gasteiger charge is 2.33. The van der Waals surface area contributed by atoms with Crippen LogP contribution in [0.5, 0.6) is 6.01 Å². The number of hydrogen-bond donors (Lipinski definition) is 3. The number of nitriles is 1. The second-order valence-electron chi connectivity index (χ2n) is 11.0. The smallest absolute Gasteiger partial charge is 0.319 e. The molecule has 3 atom stereocenters. The minimum Gasteiger partial charge on any atom is -0.456 e. The van der Waals surface area contributed by atoms with Crippen molar-refractivity contribution in [2.24, 2.45) is 0 Å². The van der Waals surface area contributed by atoms with Gasteiger partial charge in [-0.3, -0.25) is 4.98 Å². The van der Waals surface area contributed by atoms with Gasteiger partial charge in [-0.1, -0.05) is 18.5 Å². The second kappa shape index (κ2) is 12.4. The Balaban J connectivity index is 1.53. The number of halogens is 4. The van der Waals surface area contributed by atoms with Crippen LogP contribution in [-0.2, 0) is 4.74 Å². The Morgan fingerprint density at radius 2 is 1.91 bits per heavy atom. The summed E-state index contributed by atoms with van der Waals surface area (Å²) in [5.41, 5.74) is 11.3. The highest BCUT2D eigenvalue weighted by atomic mass is 35.5. The molecule has 0 saturated carbocycles. The molecule has 0 unspecified atom stereocenters. The van der Waals surface area contributed by atoms with E-state index in [4.69, 9.17) is 32.5 Å². The lowest BCUT2D eigenvalue weighted by atomic mass is 9.96. The average Bonchev–Trinajstić information content (AvgIpc) is 3.62. The molecule has 0 radical (unpaired) electrons. The summed E-state index contributed by atoms with van der Waals surface area (Å²) < 4.78 is 58.8. The fourth-order valence-corrected chi connectivity index (χ4v) is 6.73. The van der Waals surface area contributed by atoms with E-state index in [2.05, 4.69) is 25.3 Å². The first-order chi connectivity index (χ1) is 22.0. The molecule has 0 aliphatic carbocycles. The van der Waals surface area contributed by atoms with Gasteiger partial charge >= 0.3 is 6.01 Å². The lowest BCUT2D eigenvalue weighted by molar-refractivity contribution is 0.117. The fraction of sp³-hybridized carbons (Fsp3) is 0.300. The summed E-state index contributed by atoms with van der Waals surface area (Å²) in [5.74, 6) is -2.92. The minimum absolute atomic E-state index is 0.0443. The lowest BCUT2D eigenvalue weighted by Gasteiger charge is -2.24. The molecule has 11 nitrogen and oxygen atoms in total. The molecule has 0 bridgehead atoms. The molecule has 1 fully saturated rings. The van der Waals surface area contributed by atoms with Crippen LogP contribution in [0.2, 0.25) is 5.02 Å². The number of anilines is 3. The summed E-state index contributed by atoms with van der Waals surface area (Å²) in [6.07, 6.45) is 2.54. The van der Waals surface area contributed by atoms with Crippen molar-refractivity contribution in [1.29, 1.82) is 5.26 Å². The third-order valence-electron chi connectivity index (χ3n) is 7.84. The van der Waals surface area contributed by atoms with E-state index in [0.29, 0.717) is 18.4 Å². The van der Waals surface area contributed by atoms with Crippen LogP contribution in [-0.4, -0.2) is 70.8 Å². The molecule has 238 valence electrons. The number of fused-ring (bicyclic) bond motifs is 2. The van der Waals surface area contributed by atoms with Crippen LogP contribution in [0.15, 0.2) is 24.5 Å². The number of nitrogen functional groups attached to an aromatic ring is 2. The van der Waals surface area contributed by atoms with E-state index in [9.17, 15) is 9.65 Å². The molecule has 46 heavy (non-hydrogen) atoms. The molecule has 3 aromatic heterocycles. The highest BCUT2D eigenvalue weighted by molar-refractivity contribution is 7.23. The van der Waals surface area contributed by atoms with Crippen molar-refractivity contribution < 1.29 is 22.6 Å². The average molecular weight is 670 g/mol. The van der Waals surface area contributed by atoms with Gasteiger partial charge in [0.15, 0.2) is 5.82 Å². The molecule has 1 aliphatic heterocycles. The number of rotatable bonds is 8. The highest BCUT2D eigenvalue weighted by Crippen LogP contribution is 2.46. The molecule has 6 rings (SSSR count). The Hall–Kier alpha value is -4.49. The van der Waals surface area contributed by atoms with Crippen molar-refractivity contribution in [3.63, 3.8) is 0 Å². The Bertz CT molecular complexity index is 2040. The van der Waals surface area contributed by atoms with E-state index in [1.165, 1.54) is 18.5 Å². The Morgan fingerprint density at radius 3 is 2.63 bits per heavy atom. The number of nitrogens with zero attached hydrogens (tertiary/aromatic N) is 6. The first-order valence-corrected chi connectivity index (χ1v) is 15.2. The molecule has 1 saturated heterocycles. The van der Waals surface area contributed by atoms with Crippen molar-refractivity contribution in [3.05, 3.63) is 58.3 Å². The van der Waals surface area contributed by atoms with E-state index in [-0.39, 0.29) is 79.3 Å². The van der Waals surface area contributed by atoms with Crippen LogP contribution >= 0.6 is 22.9 Å². The minimum atomic E-state index is -1.13. The van der Waals surface area contributed by atoms with Crippen LogP contribution in [0.4, 0.5) is 29.8 Å². The summed E-state index contributed by atoms with van der Waals surface area (Å²) in [4.78, 5) is 19.3. The SMILES string of the molecule is C[C@H](CNc1nc(O[C@@H]2COC[C@@H]2N(C)C)nc2c(F)c(-c3c(F)cc(F)c4sc(N)c(C#N)c34)c(Cl)cc12)c1nccnc1N. The zero-order valence-electron chi connectivity index (χ0n) is 24.7. The lowest BCUT2D eigenvalue weighted by Crippen LogP contribution is -2.41. The van der Waals surface area contributed by atoms with Crippen LogP contribution in [0.3, 0.4) is 0 Å². The topological polar surface area (TPSA) is 161 Å². The van der Waals surface area contributed by atoms with E-state index < -0.39 is 34.7 Å². The van der Waals surface area contributed by atoms with Crippen molar-refractivity contribution in [2.75, 3.05) is 50.6 Å². The van der Waals surface area contributed by atoms with E-state index >= 15 is 8.78 Å². The zero-order valence-corrected chi connectivity index (χ0v) is 26.3. The first kappa shape index (κ1) is 31.5. The first-order valence-electron chi connectivity index (χ1n) is 14.0. The number of aromatic nitrogens is 4. The Morgan fingerprint density at radius 1 is 1.15 bits per heavy atom. The van der Waals surface area contributed by atoms with Gasteiger partial charge in [-0.15, -0.1) is 11.3 Å². The number of thiophene rings is 1. The van der Waals surface area contributed by atoms with Gasteiger partial charge in [0.1, 0.15) is 46.0 Å². The fourth-order valence-electron chi connectivity index (χ4n) is 5.51. The molecule has 2 aromatic carbocycles. The van der Waals surface area contributed by atoms with Gasteiger partial charge in [-0.2, -0.15) is 15.2 Å². The standard InChI is InChI=1S/C30H27ClF3N9O2S/c1-12(24-27(36)39-5-4-38-24)9-40-29-13-6-15(31)21(22-16(32)7-17(33)26-20(22)14(8-35)28(37)46-26)23(34)25(13)41-30(42-29)45-19-11-44-10-18(19)43(2)3/h4-7,12,18-19H,9-11,37H2,1-3H3,(H2,36,39)(H,40,41,42)/t12-,18+,19-/m1/s1. The van der Waals surface area contributed by atoms with Crippen LogP contribution in [0.25, 0.3) is 32.1 Å². The van der Waals surface area contributed by atoms with E-state index in [1.54, 1.807) is 0 Å². The van der Waals surface area contributed by atoms with Crippen LogP contribution in [0, 0.1) is 28.8 Å². The monoisotopic (exact) mass is 669 g/mol. The maximum absolute atomic E-state index is 16.8. The van der Waals surface area contributed by atoms with Crippen molar-refractivity contribution in [3.8, 4) is 23.2 Å². The van der Waals surface area contributed by atoms with Gasteiger partial charge < -0.3 is 31.2 Å². The van der Waals surface area contributed by atoms with Crippen LogP contribution in [0.1, 0.15) is 24.1 Å². The van der Waals surface area contributed by atoms with Gasteiger partial charge in [0, 0.05) is 52.8 Å². The molecule has 1 aliphatic rings. The van der Waals surface area contributed by atoms with Gasteiger partial charge in [0.25, 0.3) is 0 Å². The summed E-state index contributed by atoms with van der Waals surface area (Å²) in [6.45, 7) is 2.78. The molecular weight excluding hydrogens is 643 g/mol. The number of ether oxygens (including phenoxy) is 2. The largest absolute Gasteiger partial charge is 0.456 e. The molecular formula is C30H27ClF3N9O2S. The van der Waals surface area contributed by atoms with Gasteiger partial charge in [0.2, 0.25) is 0 Å². The maximum atomic E-state index is 16.8. The molecule has 0 amide bonds. The molecule has 5 aromatic rings. The summed E-state index contributed by atoms with van der Waals surface area (Å²) in [6, 6.07) is 3.56. The zero-order chi connectivity index (χ0) is 32.9. The second-order valence-corrected chi connectivity index (χ2v) is 12.5. The van der Waals surface area contributed by atoms with Crippen molar-refractivity contribution in [1.82, 2.24) is 24.8 Å². The normalized spacial score (nSPS) is 17.1. The maximum Gasteiger partial charge on any atom is 0.319 e. The van der Waals surface area contributed by atoms with Gasteiger partial charge in [0.05, 0.1) is 40.2 Å². The van der Waals surface area contributed by atoms with E-state index in [0.717, 1.165) is 11.3 Å². The molecule has 5 N–H and O–H groups in total. The molecule has 0 spiro atoms.